The molecule has 0 radical (unpaired) electrons. The normalized spacial score (nSPS) is 16.6. The summed E-state index contributed by atoms with van der Waals surface area (Å²) < 4.78 is 0. The first-order valence-corrected chi connectivity index (χ1v) is 6.24. The van der Waals surface area contributed by atoms with E-state index in [2.05, 4.69) is 14.9 Å². The number of nitrogens with two attached hydrogens (primary N) is 1. The molecule has 1 amide bonds. The summed E-state index contributed by atoms with van der Waals surface area (Å²) in [6.45, 7) is 4.62. The van der Waals surface area contributed by atoms with E-state index in [0.717, 1.165) is 31.9 Å². The molecule has 0 saturated carbocycles. The van der Waals surface area contributed by atoms with E-state index in [1.165, 1.54) is 0 Å². The van der Waals surface area contributed by atoms with Gasteiger partial charge in [0, 0.05) is 39.2 Å². The van der Waals surface area contributed by atoms with Gasteiger partial charge in [-0.2, -0.15) is 4.98 Å². The molecular weight excluding hydrogens is 254 g/mol. The van der Waals surface area contributed by atoms with Crippen LogP contribution in [0.3, 0.4) is 0 Å². The Morgan fingerprint density at radius 3 is 2.78 bits per heavy atom. The number of rotatable bonds is 1. The predicted molar refractivity (Wildman–Crippen MR) is 70.5 cm³/mol. The lowest BCUT2D eigenvalue weighted by molar-refractivity contribution is -0.128. The molecule has 0 aliphatic carbocycles. The Morgan fingerprint density at radius 2 is 2.11 bits per heavy atom. The fourth-order valence-corrected chi connectivity index (χ4v) is 2.23. The Hall–Kier alpha value is -1.56. The van der Waals surface area contributed by atoms with E-state index in [1.54, 1.807) is 13.0 Å². The van der Waals surface area contributed by atoms with Gasteiger partial charge in [-0.15, -0.1) is 0 Å². The van der Waals surface area contributed by atoms with Crippen LogP contribution in [0.5, 0.6) is 0 Å². The molecule has 0 bridgehead atoms. The van der Waals surface area contributed by atoms with Crippen LogP contribution in [-0.4, -0.2) is 47.0 Å². The van der Waals surface area contributed by atoms with Gasteiger partial charge in [0.15, 0.2) is 0 Å². The first-order valence-electron chi connectivity index (χ1n) is 5.87. The molecule has 0 spiro atoms. The lowest BCUT2D eigenvalue weighted by atomic mass is 10.3. The Balaban J connectivity index is 2.12. The standard InChI is InChI=1S/C11H16ClN5O/c1-8(18)16-3-2-4-17(6-5-16)10-7-9(12)14-11(13)15-10/h7H,2-6H2,1H3,(H2,13,14,15). The van der Waals surface area contributed by atoms with Gasteiger partial charge in [0.05, 0.1) is 0 Å². The summed E-state index contributed by atoms with van der Waals surface area (Å²) in [6, 6.07) is 1.70. The Kier molecular flexibility index (Phi) is 3.86. The molecule has 1 aromatic heterocycles. The SMILES string of the molecule is CC(=O)N1CCCN(c2cc(Cl)nc(N)n2)CC1. The van der Waals surface area contributed by atoms with Gasteiger partial charge < -0.3 is 15.5 Å². The van der Waals surface area contributed by atoms with E-state index in [0.29, 0.717) is 11.7 Å². The molecule has 0 atom stereocenters. The molecule has 18 heavy (non-hydrogen) atoms. The first-order chi connectivity index (χ1) is 8.56. The maximum Gasteiger partial charge on any atom is 0.223 e. The number of carbonyl (C=O) groups excluding carboxylic acids is 1. The summed E-state index contributed by atoms with van der Waals surface area (Å²) in [7, 11) is 0. The van der Waals surface area contributed by atoms with E-state index in [4.69, 9.17) is 17.3 Å². The third-order valence-electron chi connectivity index (χ3n) is 2.96. The summed E-state index contributed by atoms with van der Waals surface area (Å²) in [5.74, 6) is 1.00. The predicted octanol–water partition coefficient (Wildman–Crippen LogP) is 0.771. The first kappa shape index (κ1) is 12.9. The second kappa shape index (κ2) is 5.39. The second-order valence-electron chi connectivity index (χ2n) is 4.25. The van der Waals surface area contributed by atoms with Crippen LogP contribution in [0.25, 0.3) is 0 Å². The summed E-state index contributed by atoms with van der Waals surface area (Å²) in [5, 5.41) is 0.338. The number of nitrogens with zero attached hydrogens (tertiary/aromatic N) is 4. The summed E-state index contributed by atoms with van der Waals surface area (Å²) >= 11 is 5.87. The lowest BCUT2D eigenvalue weighted by Crippen LogP contribution is -2.33. The van der Waals surface area contributed by atoms with Gasteiger partial charge in [0.2, 0.25) is 11.9 Å². The molecule has 1 aliphatic heterocycles. The Morgan fingerprint density at radius 1 is 1.33 bits per heavy atom. The molecule has 6 nitrogen and oxygen atoms in total. The molecule has 1 aliphatic rings. The number of aromatic nitrogens is 2. The molecule has 1 fully saturated rings. The van der Waals surface area contributed by atoms with Crippen LogP contribution in [0.2, 0.25) is 5.15 Å². The molecule has 7 heteroatoms. The minimum atomic E-state index is 0.108. The van der Waals surface area contributed by atoms with Crippen molar-refractivity contribution in [1.29, 1.82) is 0 Å². The van der Waals surface area contributed by atoms with Crippen molar-refractivity contribution in [3.05, 3.63) is 11.2 Å². The summed E-state index contributed by atoms with van der Waals surface area (Å²) in [4.78, 5) is 23.3. The molecule has 2 rings (SSSR count). The topological polar surface area (TPSA) is 75.4 Å². The zero-order chi connectivity index (χ0) is 13.1. The molecule has 0 aromatic carbocycles. The van der Waals surface area contributed by atoms with Crippen molar-refractivity contribution >= 4 is 29.3 Å². The van der Waals surface area contributed by atoms with E-state index >= 15 is 0 Å². The summed E-state index contributed by atoms with van der Waals surface area (Å²) in [5.41, 5.74) is 5.58. The van der Waals surface area contributed by atoms with Gasteiger partial charge in [-0.3, -0.25) is 4.79 Å². The lowest BCUT2D eigenvalue weighted by Gasteiger charge is -2.22. The molecule has 0 unspecified atom stereocenters. The molecule has 1 saturated heterocycles. The van der Waals surface area contributed by atoms with Crippen LogP contribution in [0.15, 0.2) is 6.07 Å². The zero-order valence-corrected chi connectivity index (χ0v) is 11.0. The highest BCUT2D eigenvalue weighted by Crippen LogP contribution is 2.18. The van der Waals surface area contributed by atoms with Crippen molar-refractivity contribution < 1.29 is 4.79 Å². The van der Waals surface area contributed by atoms with Crippen molar-refractivity contribution in [3.8, 4) is 0 Å². The Bertz CT molecular complexity index is 433. The highest BCUT2D eigenvalue weighted by molar-refractivity contribution is 6.29. The second-order valence-corrected chi connectivity index (χ2v) is 4.64. The summed E-state index contributed by atoms with van der Waals surface area (Å²) in [6.07, 6.45) is 0.904. The Labute approximate surface area is 111 Å². The van der Waals surface area contributed by atoms with Crippen molar-refractivity contribution in [2.45, 2.75) is 13.3 Å². The molecule has 2 heterocycles. The zero-order valence-electron chi connectivity index (χ0n) is 10.3. The van der Waals surface area contributed by atoms with Gasteiger partial charge in [-0.1, -0.05) is 11.6 Å². The fourth-order valence-electron chi connectivity index (χ4n) is 2.05. The van der Waals surface area contributed by atoms with Crippen LogP contribution >= 0.6 is 11.6 Å². The quantitative estimate of drug-likeness (QED) is 0.762. The van der Waals surface area contributed by atoms with Crippen LogP contribution in [0, 0.1) is 0 Å². The highest BCUT2D eigenvalue weighted by atomic mass is 35.5. The van der Waals surface area contributed by atoms with Crippen molar-refractivity contribution in [1.82, 2.24) is 14.9 Å². The van der Waals surface area contributed by atoms with Crippen LogP contribution < -0.4 is 10.6 Å². The average molecular weight is 270 g/mol. The molecule has 98 valence electrons. The van der Waals surface area contributed by atoms with E-state index < -0.39 is 0 Å². The minimum Gasteiger partial charge on any atom is -0.368 e. The molecular formula is C11H16ClN5O. The largest absolute Gasteiger partial charge is 0.368 e. The number of hydrogen-bond donors (Lipinski definition) is 1. The maximum absolute atomic E-state index is 11.3. The van der Waals surface area contributed by atoms with Gasteiger partial charge in [-0.05, 0) is 6.42 Å². The van der Waals surface area contributed by atoms with Crippen molar-refractivity contribution in [3.63, 3.8) is 0 Å². The number of nitrogen functional groups attached to an aromatic ring is 1. The van der Waals surface area contributed by atoms with E-state index in [9.17, 15) is 4.79 Å². The smallest absolute Gasteiger partial charge is 0.223 e. The van der Waals surface area contributed by atoms with Crippen molar-refractivity contribution in [2.24, 2.45) is 0 Å². The third-order valence-corrected chi connectivity index (χ3v) is 3.16. The van der Waals surface area contributed by atoms with Gasteiger partial charge in [0.1, 0.15) is 11.0 Å². The fraction of sp³-hybridized carbons (Fsp3) is 0.545. The van der Waals surface area contributed by atoms with E-state index in [-0.39, 0.29) is 11.9 Å². The van der Waals surface area contributed by atoms with Gasteiger partial charge in [0.25, 0.3) is 0 Å². The van der Waals surface area contributed by atoms with Crippen LogP contribution in [-0.2, 0) is 4.79 Å². The maximum atomic E-state index is 11.3. The third kappa shape index (κ3) is 3.01. The number of anilines is 2. The minimum absolute atomic E-state index is 0.108. The van der Waals surface area contributed by atoms with E-state index in [1.807, 2.05) is 4.90 Å². The average Bonchev–Trinajstić information content (AvgIpc) is 2.52. The van der Waals surface area contributed by atoms with Gasteiger partial charge >= 0.3 is 0 Å². The van der Waals surface area contributed by atoms with Crippen LogP contribution in [0.1, 0.15) is 13.3 Å². The number of amides is 1. The number of carbonyl (C=O) groups is 1. The van der Waals surface area contributed by atoms with Crippen LogP contribution in [0.4, 0.5) is 11.8 Å². The van der Waals surface area contributed by atoms with Gasteiger partial charge in [-0.25, -0.2) is 4.98 Å². The molecule has 1 aromatic rings. The number of halogens is 1. The highest BCUT2D eigenvalue weighted by Gasteiger charge is 2.18. The number of hydrogen-bond acceptors (Lipinski definition) is 5. The van der Waals surface area contributed by atoms with Crippen molar-refractivity contribution in [2.75, 3.05) is 36.8 Å². The molecule has 2 N–H and O–H groups in total. The monoisotopic (exact) mass is 269 g/mol.